The zero-order valence-electron chi connectivity index (χ0n) is 13.7. The van der Waals surface area contributed by atoms with Gasteiger partial charge in [-0.25, -0.2) is 4.98 Å². The van der Waals surface area contributed by atoms with Gasteiger partial charge in [-0.2, -0.15) is 0 Å². The zero-order valence-corrected chi connectivity index (χ0v) is 15.2. The van der Waals surface area contributed by atoms with E-state index in [0.717, 1.165) is 27.2 Å². The van der Waals surface area contributed by atoms with E-state index >= 15 is 0 Å². The van der Waals surface area contributed by atoms with Gasteiger partial charge in [0.2, 0.25) is 0 Å². The minimum atomic E-state index is 0. The van der Waals surface area contributed by atoms with Crippen molar-refractivity contribution in [3.05, 3.63) is 89.4 Å². The minimum absolute atomic E-state index is 0. The summed E-state index contributed by atoms with van der Waals surface area (Å²) >= 11 is 6.26. The standard InChI is InChI=1S/C22H16ClN.ClH/c1-15-21(16-8-4-2-5-9-16)19-14-18(23)12-13-20(19)24-22(15)17-10-6-3-7-11-17;/h2-14H,1H3;1H/p-1. The topological polar surface area (TPSA) is 12.9 Å². The number of aromatic nitrogens is 1. The van der Waals surface area contributed by atoms with Gasteiger partial charge in [0.1, 0.15) is 0 Å². The monoisotopic (exact) mass is 364 g/mol. The number of rotatable bonds is 2. The molecule has 0 atom stereocenters. The molecule has 0 fully saturated rings. The summed E-state index contributed by atoms with van der Waals surface area (Å²) < 4.78 is 0. The van der Waals surface area contributed by atoms with Gasteiger partial charge in [0, 0.05) is 16.0 Å². The van der Waals surface area contributed by atoms with E-state index in [-0.39, 0.29) is 12.4 Å². The Morgan fingerprint density at radius 3 is 2.00 bits per heavy atom. The molecule has 1 heterocycles. The Labute approximate surface area is 158 Å². The lowest BCUT2D eigenvalue weighted by Crippen LogP contribution is -3.00. The molecule has 3 heteroatoms. The molecule has 25 heavy (non-hydrogen) atoms. The molecule has 0 amide bonds. The van der Waals surface area contributed by atoms with Crippen LogP contribution in [0, 0.1) is 6.92 Å². The van der Waals surface area contributed by atoms with Gasteiger partial charge in [-0.15, -0.1) is 0 Å². The van der Waals surface area contributed by atoms with Crippen molar-refractivity contribution < 1.29 is 12.4 Å². The highest BCUT2D eigenvalue weighted by atomic mass is 35.5. The van der Waals surface area contributed by atoms with Crippen LogP contribution < -0.4 is 12.4 Å². The van der Waals surface area contributed by atoms with E-state index in [9.17, 15) is 0 Å². The first kappa shape index (κ1) is 17.5. The number of halogens is 2. The summed E-state index contributed by atoms with van der Waals surface area (Å²) in [6.45, 7) is 2.14. The number of fused-ring (bicyclic) bond motifs is 1. The maximum absolute atomic E-state index is 6.26. The second-order valence-corrected chi connectivity index (χ2v) is 6.29. The number of pyridine rings is 1. The molecule has 0 saturated carbocycles. The van der Waals surface area contributed by atoms with Crippen molar-refractivity contribution in [3.8, 4) is 22.4 Å². The molecule has 0 bridgehead atoms. The fourth-order valence-electron chi connectivity index (χ4n) is 3.18. The van der Waals surface area contributed by atoms with Crippen molar-refractivity contribution in [2.24, 2.45) is 0 Å². The van der Waals surface area contributed by atoms with E-state index in [0.29, 0.717) is 0 Å². The number of hydrogen-bond acceptors (Lipinski definition) is 1. The molecule has 1 nitrogen and oxygen atoms in total. The summed E-state index contributed by atoms with van der Waals surface area (Å²) in [5, 5.41) is 1.82. The Morgan fingerprint density at radius 2 is 1.36 bits per heavy atom. The van der Waals surface area contributed by atoms with Crippen LogP contribution in [0.25, 0.3) is 33.3 Å². The zero-order chi connectivity index (χ0) is 16.5. The summed E-state index contributed by atoms with van der Waals surface area (Å²) in [6, 6.07) is 26.7. The van der Waals surface area contributed by atoms with E-state index in [1.165, 1.54) is 16.7 Å². The minimum Gasteiger partial charge on any atom is -1.00 e. The molecule has 4 aromatic rings. The van der Waals surface area contributed by atoms with Crippen molar-refractivity contribution in [2.45, 2.75) is 6.92 Å². The molecule has 0 spiro atoms. The van der Waals surface area contributed by atoms with E-state index < -0.39 is 0 Å². The number of hydrogen-bond donors (Lipinski definition) is 0. The van der Waals surface area contributed by atoms with Crippen molar-refractivity contribution in [3.63, 3.8) is 0 Å². The van der Waals surface area contributed by atoms with Crippen LogP contribution in [0.1, 0.15) is 5.56 Å². The molecule has 0 radical (unpaired) electrons. The number of nitrogens with zero attached hydrogens (tertiary/aromatic N) is 1. The van der Waals surface area contributed by atoms with Crippen LogP contribution >= 0.6 is 11.6 Å². The summed E-state index contributed by atoms with van der Waals surface area (Å²) in [5.74, 6) is 0. The summed E-state index contributed by atoms with van der Waals surface area (Å²) in [7, 11) is 0. The summed E-state index contributed by atoms with van der Waals surface area (Å²) in [4.78, 5) is 4.91. The maximum atomic E-state index is 6.26. The van der Waals surface area contributed by atoms with Gasteiger partial charge in [0.25, 0.3) is 0 Å². The molecule has 0 N–H and O–H groups in total. The molecule has 124 valence electrons. The van der Waals surface area contributed by atoms with Gasteiger partial charge < -0.3 is 12.4 Å². The Kier molecular flexibility index (Phi) is 5.08. The van der Waals surface area contributed by atoms with Gasteiger partial charge in [-0.1, -0.05) is 72.3 Å². The Bertz CT molecular complexity index is 1010. The van der Waals surface area contributed by atoms with E-state index in [2.05, 4.69) is 43.3 Å². The molecular formula is C22H16Cl2N-. The molecule has 0 aliphatic carbocycles. The van der Waals surface area contributed by atoms with Crippen molar-refractivity contribution >= 4 is 22.5 Å². The molecule has 0 aliphatic rings. The molecule has 0 aliphatic heterocycles. The Balaban J connectivity index is 0.00000182. The van der Waals surface area contributed by atoms with E-state index in [4.69, 9.17) is 16.6 Å². The Hall–Kier alpha value is -2.35. The first-order chi connectivity index (χ1) is 11.7. The van der Waals surface area contributed by atoms with Gasteiger partial charge in [0.05, 0.1) is 11.2 Å². The molecule has 0 unspecified atom stereocenters. The predicted molar refractivity (Wildman–Crippen MR) is 102 cm³/mol. The lowest BCUT2D eigenvalue weighted by Gasteiger charge is -2.15. The quantitative estimate of drug-likeness (QED) is 0.530. The second-order valence-electron chi connectivity index (χ2n) is 5.85. The van der Waals surface area contributed by atoms with Crippen molar-refractivity contribution in [1.29, 1.82) is 0 Å². The third kappa shape index (κ3) is 3.26. The highest BCUT2D eigenvalue weighted by molar-refractivity contribution is 6.31. The maximum Gasteiger partial charge on any atom is 0.0745 e. The average Bonchev–Trinajstić information content (AvgIpc) is 2.63. The van der Waals surface area contributed by atoms with Crippen LogP contribution in [-0.2, 0) is 0 Å². The van der Waals surface area contributed by atoms with Crippen LogP contribution in [0.4, 0.5) is 0 Å². The van der Waals surface area contributed by atoms with Crippen LogP contribution in [0.3, 0.4) is 0 Å². The highest BCUT2D eigenvalue weighted by Crippen LogP contribution is 2.37. The molecule has 4 rings (SSSR count). The van der Waals surface area contributed by atoms with Gasteiger partial charge in [0.15, 0.2) is 0 Å². The van der Waals surface area contributed by atoms with Crippen LogP contribution in [0.5, 0.6) is 0 Å². The Morgan fingerprint density at radius 1 is 0.760 bits per heavy atom. The lowest BCUT2D eigenvalue weighted by atomic mass is 9.93. The van der Waals surface area contributed by atoms with Crippen LogP contribution in [0.2, 0.25) is 5.02 Å². The fourth-order valence-corrected chi connectivity index (χ4v) is 3.36. The predicted octanol–water partition coefficient (Wildman–Crippen LogP) is 3.53. The molecule has 0 saturated heterocycles. The van der Waals surface area contributed by atoms with Crippen molar-refractivity contribution in [1.82, 2.24) is 4.98 Å². The van der Waals surface area contributed by atoms with Gasteiger partial charge in [-0.3, -0.25) is 0 Å². The molecule has 3 aromatic carbocycles. The number of benzene rings is 3. The third-order valence-electron chi connectivity index (χ3n) is 4.30. The lowest BCUT2D eigenvalue weighted by molar-refractivity contribution is -0.00000463. The largest absolute Gasteiger partial charge is 1.00 e. The average molecular weight is 365 g/mol. The van der Waals surface area contributed by atoms with E-state index in [1.807, 2.05) is 42.5 Å². The second kappa shape index (κ2) is 7.26. The summed E-state index contributed by atoms with van der Waals surface area (Å²) in [5.41, 5.74) is 6.65. The van der Waals surface area contributed by atoms with Crippen LogP contribution in [-0.4, -0.2) is 4.98 Å². The smallest absolute Gasteiger partial charge is 0.0745 e. The fraction of sp³-hybridized carbons (Fsp3) is 0.0455. The van der Waals surface area contributed by atoms with E-state index in [1.54, 1.807) is 0 Å². The SMILES string of the molecule is Cc1c(-c2ccccc2)nc2ccc(Cl)cc2c1-c1ccccc1.[Cl-]. The normalized spacial score (nSPS) is 10.5. The molecular weight excluding hydrogens is 349 g/mol. The van der Waals surface area contributed by atoms with Crippen molar-refractivity contribution in [2.75, 3.05) is 0 Å². The van der Waals surface area contributed by atoms with Gasteiger partial charge >= 0.3 is 0 Å². The first-order valence-corrected chi connectivity index (χ1v) is 8.32. The highest BCUT2D eigenvalue weighted by Gasteiger charge is 2.14. The first-order valence-electron chi connectivity index (χ1n) is 7.95. The van der Waals surface area contributed by atoms with Crippen LogP contribution in [0.15, 0.2) is 78.9 Å². The third-order valence-corrected chi connectivity index (χ3v) is 4.54. The van der Waals surface area contributed by atoms with Gasteiger partial charge in [-0.05, 0) is 41.8 Å². The summed E-state index contributed by atoms with van der Waals surface area (Å²) in [6.07, 6.45) is 0. The molecule has 1 aromatic heterocycles.